The molecule has 0 unspecified atom stereocenters. The van der Waals surface area contributed by atoms with E-state index in [2.05, 4.69) is 0 Å². The Morgan fingerprint density at radius 3 is 2.50 bits per heavy atom. The maximum atomic E-state index is 12.4. The molecule has 78 valence electrons. The summed E-state index contributed by atoms with van der Waals surface area (Å²) < 4.78 is 12.4. The van der Waals surface area contributed by atoms with Crippen molar-refractivity contribution in [3.63, 3.8) is 0 Å². The number of aryl methyl sites for hydroxylation is 1. The first kappa shape index (κ1) is 11.2. The number of halogens is 1. The summed E-state index contributed by atoms with van der Waals surface area (Å²) in [4.78, 5) is 0. The molecule has 1 nitrogen and oxygen atoms in total. The molecular formula is C12H18FN. The number of alkyl halides is 1. The lowest BCUT2D eigenvalue weighted by atomic mass is 9.92. The average molecular weight is 195 g/mol. The van der Waals surface area contributed by atoms with Gasteiger partial charge in [0.05, 0.1) is 0 Å². The van der Waals surface area contributed by atoms with Crippen LogP contribution in [-0.2, 0) is 13.1 Å². The van der Waals surface area contributed by atoms with E-state index in [1.54, 1.807) is 0 Å². The Morgan fingerprint density at radius 1 is 1.36 bits per heavy atom. The molecule has 0 bridgehead atoms. The molecule has 2 N–H and O–H groups in total. The largest absolute Gasteiger partial charge is 0.325 e. The molecule has 0 aliphatic carbocycles. The van der Waals surface area contributed by atoms with Crippen molar-refractivity contribution in [1.82, 2.24) is 0 Å². The first-order chi connectivity index (χ1) is 6.42. The quantitative estimate of drug-likeness (QED) is 0.788. The Morgan fingerprint density at radius 2 is 2.00 bits per heavy atom. The molecule has 0 saturated heterocycles. The van der Waals surface area contributed by atoms with Gasteiger partial charge in [0.25, 0.3) is 0 Å². The summed E-state index contributed by atoms with van der Waals surface area (Å²) >= 11 is 0. The third kappa shape index (κ3) is 3.11. The van der Waals surface area contributed by atoms with Crippen molar-refractivity contribution in [2.75, 3.05) is 0 Å². The molecular weight excluding hydrogens is 177 g/mol. The molecule has 14 heavy (non-hydrogen) atoms. The second-order valence-electron chi connectivity index (χ2n) is 4.56. The van der Waals surface area contributed by atoms with Crippen molar-refractivity contribution in [1.29, 1.82) is 0 Å². The van der Waals surface area contributed by atoms with Crippen LogP contribution < -0.4 is 5.73 Å². The number of nitrogens with two attached hydrogens (primary N) is 1. The van der Waals surface area contributed by atoms with E-state index in [1.807, 2.05) is 39.0 Å². The van der Waals surface area contributed by atoms with Gasteiger partial charge < -0.3 is 5.73 Å². The molecule has 1 aromatic carbocycles. The molecule has 0 fully saturated rings. The topological polar surface area (TPSA) is 26.0 Å². The van der Waals surface area contributed by atoms with Crippen LogP contribution in [0.4, 0.5) is 4.39 Å². The lowest BCUT2D eigenvalue weighted by molar-refractivity contribution is 0.482. The minimum absolute atomic E-state index is 0.236. The molecule has 1 rings (SSSR count). The summed E-state index contributed by atoms with van der Waals surface area (Å²) in [6.45, 7) is 5.59. The number of rotatable bonds is 3. The molecule has 0 amide bonds. The number of hydrogen-bond donors (Lipinski definition) is 1. The van der Waals surface area contributed by atoms with Crippen LogP contribution in [0.3, 0.4) is 0 Å². The van der Waals surface area contributed by atoms with Crippen molar-refractivity contribution < 1.29 is 4.39 Å². The highest BCUT2D eigenvalue weighted by Gasteiger charge is 2.13. The summed E-state index contributed by atoms with van der Waals surface area (Å²) in [5, 5.41) is 0. The molecule has 2 heteroatoms. The maximum absolute atomic E-state index is 12.4. The zero-order valence-corrected chi connectivity index (χ0v) is 9.10. The first-order valence-corrected chi connectivity index (χ1v) is 4.85. The maximum Gasteiger partial charge on any atom is 0.115 e. The lowest BCUT2D eigenvalue weighted by Gasteiger charge is -2.20. The van der Waals surface area contributed by atoms with Gasteiger partial charge >= 0.3 is 0 Å². The SMILES string of the molecule is Cc1ccc(CF)cc1CC(C)(C)N. The summed E-state index contributed by atoms with van der Waals surface area (Å²) in [5.74, 6) is 0. The van der Waals surface area contributed by atoms with Gasteiger partial charge in [0, 0.05) is 5.54 Å². The van der Waals surface area contributed by atoms with Crippen LogP contribution in [0.15, 0.2) is 18.2 Å². The molecule has 0 spiro atoms. The molecule has 0 radical (unpaired) electrons. The van der Waals surface area contributed by atoms with E-state index in [4.69, 9.17) is 5.73 Å². The second-order valence-corrected chi connectivity index (χ2v) is 4.56. The molecule has 0 aliphatic rings. The molecule has 0 atom stereocenters. The van der Waals surface area contributed by atoms with E-state index in [0.29, 0.717) is 0 Å². The normalized spacial score (nSPS) is 11.8. The first-order valence-electron chi connectivity index (χ1n) is 4.85. The third-order valence-corrected chi connectivity index (χ3v) is 2.21. The van der Waals surface area contributed by atoms with Gasteiger partial charge in [0.15, 0.2) is 0 Å². The van der Waals surface area contributed by atoms with Crippen LogP contribution in [0.25, 0.3) is 0 Å². The van der Waals surface area contributed by atoms with Crippen molar-refractivity contribution in [3.8, 4) is 0 Å². The fourth-order valence-corrected chi connectivity index (χ4v) is 1.49. The Hall–Kier alpha value is -0.890. The fraction of sp³-hybridized carbons (Fsp3) is 0.500. The number of hydrogen-bond acceptors (Lipinski definition) is 1. The smallest absolute Gasteiger partial charge is 0.115 e. The van der Waals surface area contributed by atoms with Gasteiger partial charge in [-0.15, -0.1) is 0 Å². The predicted octanol–water partition coefficient (Wildman–Crippen LogP) is 2.74. The summed E-state index contributed by atoms with van der Waals surface area (Å²) in [6.07, 6.45) is 0.784. The molecule has 0 aromatic heterocycles. The van der Waals surface area contributed by atoms with Crippen LogP contribution >= 0.6 is 0 Å². The zero-order valence-electron chi connectivity index (χ0n) is 9.10. The van der Waals surface area contributed by atoms with Crippen molar-refractivity contribution in [2.24, 2.45) is 5.73 Å². The van der Waals surface area contributed by atoms with Gasteiger partial charge in [-0.1, -0.05) is 18.2 Å². The molecule has 1 aromatic rings. The Bertz CT molecular complexity index is 313. The zero-order chi connectivity index (χ0) is 10.8. The van der Waals surface area contributed by atoms with E-state index in [-0.39, 0.29) is 5.54 Å². The van der Waals surface area contributed by atoms with Gasteiger partial charge in [0.2, 0.25) is 0 Å². The summed E-state index contributed by atoms with van der Waals surface area (Å²) in [5.41, 5.74) is 8.76. The fourth-order valence-electron chi connectivity index (χ4n) is 1.49. The van der Waals surface area contributed by atoms with Gasteiger partial charge in [-0.05, 0) is 43.9 Å². The standard InChI is InChI=1S/C12H18FN/c1-9-4-5-10(8-13)6-11(9)7-12(2,3)14/h4-6H,7-8,14H2,1-3H3. The Labute approximate surface area is 85.1 Å². The number of benzene rings is 1. The van der Waals surface area contributed by atoms with Gasteiger partial charge in [0.1, 0.15) is 6.67 Å². The highest BCUT2D eigenvalue weighted by molar-refractivity contribution is 5.32. The van der Waals surface area contributed by atoms with Crippen molar-refractivity contribution >= 4 is 0 Å². The lowest BCUT2D eigenvalue weighted by Crippen LogP contribution is -2.34. The summed E-state index contributed by atoms with van der Waals surface area (Å²) in [6, 6.07) is 5.68. The van der Waals surface area contributed by atoms with Gasteiger partial charge in [-0.25, -0.2) is 4.39 Å². The van der Waals surface area contributed by atoms with Crippen LogP contribution in [0.5, 0.6) is 0 Å². The Balaban J connectivity index is 2.95. The van der Waals surface area contributed by atoms with E-state index < -0.39 is 6.67 Å². The van der Waals surface area contributed by atoms with Crippen molar-refractivity contribution in [3.05, 3.63) is 34.9 Å². The van der Waals surface area contributed by atoms with Crippen LogP contribution in [0, 0.1) is 6.92 Å². The van der Waals surface area contributed by atoms with E-state index in [9.17, 15) is 4.39 Å². The predicted molar refractivity (Wildman–Crippen MR) is 58.0 cm³/mol. The summed E-state index contributed by atoms with van der Waals surface area (Å²) in [7, 11) is 0. The minimum atomic E-state index is -0.404. The monoisotopic (exact) mass is 195 g/mol. The van der Waals surface area contributed by atoms with Crippen LogP contribution in [0.2, 0.25) is 0 Å². The molecule has 0 saturated carbocycles. The minimum Gasteiger partial charge on any atom is -0.325 e. The second kappa shape index (κ2) is 4.09. The van der Waals surface area contributed by atoms with Gasteiger partial charge in [-0.3, -0.25) is 0 Å². The highest BCUT2D eigenvalue weighted by Crippen LogP contribution is 2.17. The van der Waals surface area contributed by atoms with Gasteiger partial charge in [-0.2, -0.15) is 0 Å². The third-order valence-electron chi connectivity index (χ3n) is 2.21. The van der Waals surface area contributed by atoms with Crippen LogP contribution in [-0.4, -0.2) is 5.54 Å². The average Bonchev–Trinajstić information content (AvgIpc) is 2.06. The van der Waals surface area contributed by atoms with E-state index in [1.165, 1.54) is 5.56 Å². The van der Waals surface area contributed by atoms with Crippen molar-refractivity contribution in [2.45, 2.75) is 39.4 Å². The van der Waals surface area contributed by atoms with E-state index >= 15 is 0 Å². The highest BCUT2D eigenvalue weighted by atomic mass is 19.1. The molecule has 0 aliphatic heterocycles. The Kier molecular flexibility index (Phi) is 3.27. The van der Waals surface area contributed by atoms with Crippen LogP contribution in [0.1, 0.15) is 30.5 Å². The molecule has 0 heterocycles. The van der Waals surface area contributed by atoms with E-state index in [0.717, 1.165) is 17.5 Å².